The number of rotatable bonds is 5. The first kappa shape index (κ1) is 14.7. The summed E-state index contributed by atoms with van der Waals surface area (Å²) in [5, 5.41) is 9.96. The van der Waals surface area contributed by atoms with Crippen LogP contribution in [0, 0.1) is 6.92 Å². The van der Waals surface area contributed by atoms with Crippen molar-refractivity contribution in [2.24, 2.45) is 0 Å². The Morgan fingerprint density at radius 1 is 1.39 bits per heavy atom. The molecule has 1 rings (SSSR count). The van der Waals surface area contributed by atoms with Crippen LogP contribution in [-0.4, -0.2) is 42.3 Å². The van der Waals surface area contributed by atoms with Crippen LogP contribution < -0.4 is 0 Å². The van der Waals surface area contributed by atoms with Gasteiger partial charge in [-0.3, -0.25) is 4.90 Å². The van der Waals surface area contributed by atoms with E-state index in [1.807, 2.05) is 43.1 Å². The molecular weight excluding hydrogens is 230 g/mol. The van der Waals surface area contributed by atoms with Gasteiger partial charge in [0, 0.05) is 13.1 Å². The quantitative estimate of drug-likeness (QED) is 0.803. The highest BCUT2D eigenvalue weighted by molar-refractivity contribution is 5.78. The van der Waals surface area contributed by atoms with Gasteiger partial charge in [-0.1, -0.05) is 29.8 Å². The topological polar surface area (TPSA) is 49.8 Å². The highest BCUT2D eigenvalue weighted by Crippen LogP contribution is 2.11. The molecule has 1 unspecified atom stereocenters. The minimum Gasteiger partial charge on any atom is -0.467 e. The van der Waals surface area contributed by atoms with Gasteiger partial charge in [-0.2, -0.15) is 0 Å². The molecular formula is C14H21NO3. The molecule has 100 valence electrons. The molecule has 4 nitrogen and oxygen atoms in total. The van der Waals surface area contributed by atoms with Crippen LogP contribution in [0.1, 0.15) is 18.1 Å². The van der Waals surface area contributed by atoms with E-state index >= 15 is 0 Å². The number of aliphatic hydroxyl groups is 1. The van der Waals surface area contributed by atoms with Crippen LogP contribution in [0.15, 0.2) is 24.3 Å². The number of hydrogen-bond donors (Lipinski definition) is 1. The molecule has 1 N–H and O–H groups in total. The fourth-order valence-corrected chi connectivity index (χ4v) is 1.87. The molecule has 0 bridgehead atoms. The smallest absolute Gasteiger partial charge is 0.338 e. The summed E-state index contributed by atoms with van der Waals surface area (Å²) in [6.45, 7) is 4.40. The number of methoxy groups -OCH3 is 1. The Morgan fingerprint density at radius 2 is 1.94 bits per heavy atom. The number of carbonyl (C=O) groups is 1. The van der Waals surface area contributed by atoms with Gasteiger partial charge in [0.25, 0.3) is 0 Å². The lowest BCUT2D eigenvalue weighted by molar-refractivity contribution is -0.162. The molecule has 4 heteroatoms. The van der Waals surface area contributed by atoms with E-state index in [2.05, 4.69) is 4.74 Å². The zero-order valence-electron chi connectivity index (χ0n) is 11.4. The van der Waals surface area contributed by atoms with E-state index in [-0.39, 0.29) is 6.54 Å². The third-order valence-corrected chi connectivity index (χ3v) is 2.78. The molecule has 0 aliphatic heterocycles. The standard InChI is InChI=1S/C14H21NO3/c1-11-5-7-12(8-6-11)9-15(3)10-14(2,17)13(16)18-4/h5-8,17H,9-10H2,1-4H3. The summed E-state index contributed by atoms with van der Waals surface area (Å²) in [6.07, 6.45) is 0. The number of benzene rings is 1. The van der Waals surface area contributed by atoms with E-state index < -0.39 is 11.6 Å². The molecule has 0 fully saturated rings. The van der Waals surface area contributed by atoms with Gasteiger partial charge in [-0.15, -0.1) is 0 Å². The number of ether oxygens (including phenoxy) is 1. The molecule has 0 radical (unpaired) electrons. The van der Waals surface area contributed by atoms with Gasteiger partial charge in [-0.05, 0) is 26.5 Å². The molecule has 0 amide bonds. The van der Waals surface area contributed by atoms with E-state index in [4.69, 9.17) is 0 Å². The maximum atomic E-state index is 11.4. The second kappa shape index (κ2) is 5.98. The summed E-state index contributed by atoms with van der Waals surface area (Å²) >= 11 is 0. The fourth-order valence-electron chi connectivity index (χ4n) is 1.87. The van der Waals surface area contributed by atoms with Gasteiger partial charge in [0.2, 0.25) is 0 Å². The molecule has 0 aliphatic carbocycles. The van der Waals surface area contributed by atoms with Crippen molar-refractivity contribution in [2.75, 3.05) is 20.7 Å². The minimum atomic E-state index is -1.48. The van der Waals surface area contributed by atoms with Crippen LogP contribution in [-0.2, 0) is 16.1 Å². The number of likely N-dealkylation sites (N-methyl/N-ethyl adjacent to an activating group) is 1. The van der Waals surface area contributed by atoms with Gasteiger partial charge in [-0.25, -0.2) is 4.79 Å². The second-order valence-corrected chi connectivity index (χ2v) is 4.92. The normalized spacial score (nSPS) is 14.3. The zero-order chi connectivity index (χ0) is 13.8. The average Bonchev–Trinajstić information content (AvgIpc) is 2.30. The lowest BCUT2D eigenvalue weighted by atomic mass is 10.1. The van der Waals surface area contributed by atoms with Crippen LogP contribution >= 0.6 is 0 Å². The largest absolute Gasteiger partial charge is 0.467 e. The van der Waals surface area contributed by atoms with Crippen LogP contribution in [0.3, 0.4) is 0 Å². The number of aryl methyl sites for hydroxylation is 1. The molecule has 0 saturated carbocycles. The van der Waals surface area contributed by atoms with E-state index in [1.54, 1.807) is 0 Å². The lowest BCUT2D eigenvalue weighted by Gasteiger charge is -2.26. The molecule has 18 heavy (non-hydrogen) atoms. The first-order valence-electron chi connectivity index (χ1n) is 5.90. The SMILES string of the molecule is COC(=O)C(C)(O)CN(C)Cc1ccc(C)cc1. The third-order valence-electron chi connectivity index (χ3n) is 2.78. The fraction of sp³-hybridized carbons (Fsp3) is 0.500. The molecule has 1 atom stereocenters. The molecule has 1 aromatic carbocycles. The third kappa shape index (κ3) is 4.13. The minimum absolute atomic E-state index is 0.230. The molecule has 0 aromatic heterocycles. The summed E-state index contributed by atoms with van der Waals surface area (Å²) in [6, 6.07) is 8.17. The first-order valence-corrected chi connectivity index (χ1v) is 5.90. The van der Waals surface area contributed by atoms with E-state index in [0.29, 0.717) is 6.54 Å². The average molecular weight is 251 g/mol. The Bertz CT molecular complexity index is 398. The van der Waals surface area contributed by atoms with Crippen molar-refractivity contribution in [3.05, 3.63) is 35.4 Å². The molecule has 0 saturated heterocycles. The molecule has 0 heterocycles. The number of esters is 1. The zero-order valence-corrected chi connectivity index (χ0v) is 11.4. The predicted molar refractivity (Wildman–Crippen MR) is 70.2 cm³/mol. The predicted octanol–water partition coefficient (Wildman–Crippen LogP) is 1.35. The first-order chi connectivity index (χ1) is 8.35. The van der Waals surface area contributed by atoms with Gasteiger partial charge >= 0.3 is 5.97 Å². The van der Waals surface area contributed by atoms with Crippen molar-refractivity contribution in [1.82, 2.24) is 4.90 Å². The van der Waals surface area contributed by atoms with Crippen LogP contribution in [0.5, 0.6) is 0 Å². The van der Waals surface area contributed by atoms with Gasteiger partial charge < -0.3 is 9.84 Å². The lowest BCUT2D eigenvalue weighted by Crippen LogP contribution is -2.46. The molecule has 1 aromatic rings. The van der Waals surface area contributed by atoms with Crippen molar-refractivity contribution in [2.45, 2.75) is 26.0 Å². The number of nitrogens with zero attached hydrogens (tertiary/aromatic N) is 1. The maximum absolute atomic E-state index is 11.4. The van der Waals surface area contributed by atoms with E-state index in [0.717, 1.165) is 5.56 Å². The van der Waals surface area contributed by atoms with Gasteiger partial charge in [0.15, 0.2) is 5.60 Å². The maximum Gasteiger partial charge on any atom is 0.338 e. The Hall–Kier alpha value is -1.39. The van der Waals surface area contributed by atoms with Crippen molar-refractivity contribution < 1.29 is 14.6 Å². The highest BCUT2D eigenvalue weighted by Gasteiger charge is 2.32. The summed E-state index contributed by atoms with van der Waals surface area (Å²) in [7, 11) is 3.13. The molecule has 0 spiro atoms. The van der Waals surface area contributed by atoms with E-state index in [1.165, 1.54) is 19.6 Å². The van der Waals surface area contributed by atoms with Crippen molar-refractivity contribution in [1.29, 1.82) is 0 Å². The monoisotopic (exact) mass is 251 g/mol. The number of hydrogen-bond acceptors (Lipinski definition) is 4. The summed E-state index contributed by atoms with van der Waals surface area (Å²) in [5.74, 6) is -0.613. The Morgan fingerprint density at radius 3 is 2.44 bits per heavy atom. The van der Waals surface area contributed by atoms with Gasteiger partial charge in [0.1, 0.15) is 0 Å². The van der Waals surface area contributed by atoms with Crippen LogP contribution in [0.25, 0.3) is 0 Å². The Kier molecular flexibility index (Phi) is 4.87. The van der Waals surface area contributed by atoms with Crippen molar-refractivity contribution in [3.8, 4) is 0 Å². The summed E-state index contributed by atoms with van der Waals surface area (Å²) in [5.41, 5.74) is 0.875. The Labute approximate surface area is 108 Å². The van der Waals surface area contributed by atoms with E-state index in [9.17, 15) is 9.90 Å². The van der Waals surface area contributed by atoms with Gasteiger partial charge in [0.05, 0.1) is 7.11 Å². The number of carbonyl (C=O) groups excluding carboxylic acids is 1. The second-order valence-electron chi connectivity index (χ2n) is 4.92. The van der Waals surface area contributed by atoms with Crippen molar-refractivity contribution in [3.63, 3.8) is 0 Å². The summed E-state index contributed by atoms with van der Waals surface area (Å²) < 4.78 is 4.57. The summed E-state index contributed by atoms with van der Waals surface area (Å²) in [4.78, 5) is 13.3. The molecule has 0 aliphatic rings. The van der Waals surface area contributed by atoms with Crippen LogP contribution in [0.2, 0.25) is 0 Å². The van der Waals surface area contributed by atoms with Crippen LogP contribution in [0.4, 0.5) is 0 Å². The highest BCUT2D eigenvalue weighted by atomic mass is 16.5. The Balaban J connectivity index is 2.58. The van der Waals surface area contributed by atoms with Crippen molar-refractivity contribution >= 4 is 5.97 Å².